The third-order valence-corrected chi connectivity index (χ3v) is 5.60. The van der Waals surface area contributed by atoms with Gasteiger partial charge in [0.2, 0.25) is 17.7 Å². The molecule has 2 rings (SSSR count). The number of amides is 3. The molecule has 0 saturated carbocycles. The van der Waals surface area contributed by atoms with Gasteiger partial charge in [-0.05, 0) is 44.5 Å². The van der Waals surface area contributed by atoms with Gasteiger partial charge in [0.05, 0.1) is 17.5 Å². The lowest BCUT2D eigenvalue weighted by Crippen LogP contribution is -2.36. The number of carbonyl (C=O) groups is 3. The van der Waals surface area contributed by atoms with E-state index in [2.05, 4.69) is 31.7 Å². The Morgan fingerprint density at radius 3 is 2.59 bits per heavy atom. The number of halogens is 1. The molecule has 0 bridgehead atoms. The first-order valence-electron chi connectivity index (χ1n) is 8.81. The summed E-state index contributed by atoms with van der Waals surface area (Å²) in [5, 5.41) is 8.65. The van der Waals surface area contributed by atoms with Gasteiger partial charge in [-0.2, -0.15) is 0 Å². The van der Waals surface area contributed by atoms with E-state index in [1.807, 2.05) is 19.1 Å². The van der Waals surface area contributed by atoms with Crippen molar-refractivity contribution >= 4 is 56.9 Å². The van der Waals surface area contributed by atoms with Crippen LogP contribution in [0, 0.1) is 13.8 Å². The van der Waals surface area contributed by atoms with Crippen LogP contribution in [-0.2, 0) is 14.4 Å². The molecule has 1 atom stereocenters. The molecule has 29 heavy (non-hydrogen) atoms. The lowest BCUT2D eigenvalue weighted by Gasteiger charge is -2.18. The van der Waals surface area contributed by atoms with Gasteiger partial charge in [0.15, 0.2) is 5.82 Å². The number of hydrogen-bond donors (Lipinski definition) is 2. The van der Waals surface area contributed by atoms with Crippen molar-refractivity contribution < 1.29 is 18.9 Å². The van der Waals surface area contributed by atoms with Crippen molar-refractivity contribution in [3.63, 3.8) is 0 Å². The number of hydrogen-bond acceptors (Lipinski definition) is 6. The van der Waals surface area contributed by atoms with Gasteiger partial charge in [0, 0.05) is 23.3 Å². The normalized spacial score (nSPS) is 11.6. The van der Waals surface area contributed by atoms with Crippen LogP contribution < -0.4 is 10.6 Å². The largest absolute Gasteiger partial charge is 0.360 e. The molecule has 3 amide bonds. The fraction of sp³-hybridized carbons (Fsp3) is 0.368. The SMILES string of the molecule is Cc1cc(NC(=O)[C@@H](C)SCC(=O)N(C)CC(=O)Nc2ccc(Br)cc2C)no1. The zero-order valence-electron chi connectivity index (χ0n) is 16.6. The highest BCUT2D eigenvalue weighted by molar-refractivity contribution is 9.10. The second kappa shape index (κ2) is 10.4. The molecular weight excluding hydrogens is 460 g/mol. The molecule has 0 unspecified atom stereocenters. The van der Waals surface area contributed by atoms with Gasteiger partial charge in [0.1, 0.15) is 5.76 Å². The molecule has 1 heterocycles. The summed E-state index contributed by atoms with van der Waals surface area (Å²) in [4.78, 5) is 38.0. The number of anilines is 2. The van der Waals surface area contributed by atoms with Crippen LogP contribution in [-0.4, -0.2) is 52.4 Å². The molecule has 156 valence electrons. The predicted octanol–water partition coefficient (Wildman–Crippen LogP) is 3.21. The van der Waals surface area contributed by atoms with E-state index < -0.39 is 5.25 Å². The van der Waals surface area contributed by atoms with Crippen LogP contribution in [0.5, 0.6) is 0 Å². The number of aryl methyl sites for hydroxylation is 2. The zero-order chi connectivity index (χ0) is 21.6. The maximum absolute atomic E-state index is 12.3. The molecule has 1 aromatic carbocycles. The molecular formula is C19H23BrN4O4S. The van der Waals surface area contributed by atoms with Crippen molar-refractivity contribution in [1.82, 2.24) is 10.1 Å². The third-order valence-electron chi connectivity index (χ3n) is 3.97. The van der Waals surface area contributed by atoms with Crippen molar-refractivity contribution in [3.8, 4) is 0 Å². The molecule has 0 aliphatic rings. The van der Waals surface area contributed by atoms with Crippen LogP contribution >= 0.6 is 27.7 Å². The molecule has 0 aliphatic heterocycles. The Kier molecular flexibility index (Phi) is 8.27. The van der Waals surface area contributed by atoms with Crippen LogP contribution in [0.25, 0.3) is 0 Å². The zero-order valence-corrected chi connectivity index (χ0v) is 19.0. The summed E-state index contributed by atoms with van der Waals surface area (Å²) < 4.78 is 5.82. The van der Waals surface area contributed by atoms with E-state index in [1.165, 1.54) is 16.7 Å². The van der Waals surface area contributed by atoms with Gasteiger partial charge in [0.25, 0.3) is 0 Å². The van der Waals surface area contributed by atoms with Crippen molar-refractivity contribution in [2.75, 3.05) is 30.0 Å². The van der Waals surface area contributed by atoms with E-state index in [4.69, 9.17) is 4.52 Å². The Balaban J connectivity index is 1.77. The number of rotatable bonds is 8. The number of nitrogens with one attached hydrogen (secondary N) is 2. The summed E-state index contributed by atoms with van der Waals surface area (Å²) in [5.74, 6) is 0.200. The molecule has 2 aromatic rings. The molecule has 0 spiro atoms. The van der Waals surface area contributed by atoms with Gasteiger partial charge in [-0.1, -0.05) is 21.1 Å². The summed E-state index contributed by atoms with van der Waals surface area (Å²) in [6.45, 7) is 5.24. The highest BCUT2D eigenvalue weighted by Gasteiger charge is 2.19. The Morgan fingerprint density at radius 1 is 1.24 bits per heavy atom. The van der Waals surface area contributed by atoms with Gasteiger partial charge in [-0.3, -0.25) is 14.4 Å². The molecule has 0 radical (unpaired) electrons. The predicted molar refractivity (Wildman–Crippen MR) is 117 cm³/mol. The highest BCUT2D eigenvalue weighted by atomic mass is 79.9. The Bertz CT molecular complexity index is 902. The fourth-order valence-electron chi connectivity index (χ4n) is 2.30. The number of carbonyl (C=O) groups excluding carboxylic acids is 3. The molecule has 2 N–H and O–H groups in total. The van der Waals surface area contributed by atoms with Crippen LogP contribution in [0.1, 0.15) is 18.2 Å². The smallest absolute Gasteiger partial charge is 0.243 e. The molecule has 10 heteroatoms. The van der Waals surface area contributed by atoms with E-state index in [9.17, 15) is 14.4 Å². The molecule has 0 aliphatic carbocycles. The number of thioether (sulfide) groups is 1. The lowest BCUT2D eigenvalue weighted by atomic mass is 10.2. The first-order valence-corrected chi connectivity index (χ1v) is 10.7. The summed E-state index contributed by atoms with van der Waals surface area (Å²) in [5.41, 5.74) is 1.61. The maximum atomic E-state index is 12.3. The Labute approximate surface area is 181 Å². The van der Waals surface area contributed by atoms with E-state index in [0.717, 1.165) is 10.0 Å². The number of benzene rings is 1. The molecule has 0 fully saturated rings. The second-order valence-corrected chi connectivity index (χ2v) is 8.77. The quantitative estimate of drug-likeness (QED) is 0.598. The fourth-order valence-corrected chi connectivity index (χ4v) is 3.59. The van der Waals surface area contributed by atoms with Crippen molar-refractivity contribution in [1.29, 1.82) is 0 Å². The first-order chi connectivity index (χ1) is 13.7. The summed E-state index contributed by atoms with van der Waals surface area (Å²) in [6.07, 6.45) is 0. The summed E-state index contributed by atoms with van der Waals surface area (Å²) >= 11 is 4.56. The minimum Gasteiger partial charge on any atom is -0.360 e. The number of aromatic nitrogens is 1. The van der Waals surface area contributed by atoms with Crippen molar-refractivity contribution in [2.24, 2.45) is 0 Å². The Hall–Kier alpha value is -2.33. The average Bonchev–Trinajstić information content (AvgIpc) is 3.06. The van der Waals surface area contributed by atoms with Crippen molar-refractivity contribution in [3.05, 3.63) is 40.1 Å². The maximum Gasteiger partial charge on any atom is 0.243 e. The van der Waals surface area contributed by atoms with Crippen molar-refractivity contribution in [2.45, 2.75) is 26.0 Å². The van der Waals surface area contributed by atoms with Gasteiger partial charge in [-0.15, -0.1) is 11.8 Å². The van der Waals surface area contributed by atoms with E-state index in [-0.39, 0.29) is 30.0 Å². The van der Waals surface area contributed by atoms with E-state index in [1.54, 1.807) is 33.0 Å². The van der Waals surface area contributed by atoms with Crippen LogP contribution in [0.15, 0.2) is 33.3 Å². The van der Waals surface area contributed by atoms with Crippen LogP contribution in [0.2, 0.25) is 0 Å². The number of nitrogens with zero attached hydrogens (tertiary/aromatic N) is 2. The number of likely N-dealkylation sites (N-methyl/N-ethyl adjacent to an activating group) is 1. The average molecular weight is 483 g/mol. The van der Waals surface area contributed by atoms with Gasteiger partial charge < -0.3 is 20.1 Å². The second-order valence-electron chi connectivity index (χ2n) is 6.52. The Morgan fingerprint density at radius 2 is 1.97 bits per heavy atom. The van der Waals surface area contributed by atoms with Gasteiger partial charge >= 0.3 is 0 Å². The monoisotopic (exact) mass is 482 g/mol. The van der Waals surface area contributed by atoms with Crippen LogP contribution in [0.4, 0.5) is 11.5 Å². The minimum absolute atomic E-state index is 0.0757. The summed E-state index contributed by atoms with van der Waals surface area (Å²) in [7, 11) is 1.56. The summed E-state index contributed by atoms with van der Waals surface area (Å²) in [6, 6.07) is 7.14. The highest BCUT2D eigenvalue weighted by Crippen LogP contribution is 2.20. The first kappa shape index (κ1) is 23.0. The van der Waals surface area contributed by atoms with E-state index in [0.29, 0.717) is 17.3 Å². The van der Waals surface area contributed by atoms with E-state index >= 15 is 0 Å². The topological polar surface area (TPSA) is 105 Å². The van der Waals surface area contributed by atoms with Gasteiger partial charge in [-0.25, -0.2) is 0 Å². The standard InChI is InChI=1S/C19H23BrN4O4S/c1-11-7-14(20)5-6-15(11)21-17(25)9-24(4)18(26)10-29-13(3)19(27)22-16-8-12(2)28-23-16/h5-8,13H,9-10H2,1-4H3,(H,21,25)(H,22,23,27)/t13-/m1/s1. The molecule has 0 saturated heterocycles. The van der Waals surface area contributed by atoms with Crippen LogP contribution in [0.3, 0.4) is 0 Å². The molecule has 1 aromatic heterocycles. The lowest BCUT2D eigenvalue weighted by molar-refractivity contribution is -0.131. The third kappa shape index (κ3) is 7.21. The minimum atomic E-state index is -0.469. The molecule has 8 nitrogen and oxygen atoms in total.